The van der Waals surface area contributed by atoms with E-state index in [1.807, 2.05) is 36.4 Å². The normalized spacial score (nSPS) is 16.2. The number of morpholine rings is 1. The van der Waals surface area contributed by atoms with Crippen LogP contribution in [0.3, 0.4) is 0 Å². The van der Waals surface area contributed by atoms with Crippen LogP contribution in [-0.2, 0) is 9.53 Å². The van der Waals surface area contributed by atoms with Gasteiger partial charge >= 0.3 is 0 Å². The zero-order valence-corrected chi connectivity index (χ0v) is 23.4. The standard InChI is InChI=1S/C30H43N5O4/c1-3-4-5-10-29(36)32-24-11-12-26(25(23-24)30(37)31-13-14-33-19-21-39-22-20-33)34-15-17-35(18-16-34)27-8-6-7-9-28(27)38-2/h6-9,11-12,23H,3-5,10,13-22H2,1-2H3,(H,31,37)(H,32,36). The van der Waals surface area contributed by atoms with Crippen LogP contribution in [0.25, 0.3) is 0 Å². The lowest BCUT2D eigenvalue weighted by Crippen LogP contribution is -2.47. The highest BCUT2D eigenvalue weighted by atomic mass is 16.5. The number of carbonyl (C=O) groups is 2. The number of ether oxygens (including phenoxy) is 2. The van der Waals surface area contributed by atoms with Crippen LogP contribution in [0.2, 0.25) is 0 Å². The van der Waals surface area contributed by atoms with Gasteiger partial charge in [-0.2, -0.15) is 0 Å². The van der Waals surface area contributed by atoms with E-state index >= 15 is 0 Å². The van der Waals surface area contributed by atoms with E-state index in [2.05, 4.69) is 38.3 Å². The molecule has 2 fully saturated rings. The van der Waals surface area contributed by atoms with Crippen molar-refractivity contribution in [3.05, 3.63) is 48.0 Å². The van der Waals surface area contributed by atoms with E-state index in [1.165, 1.54) is 0 Å². The Labute approximate surface area is 232 Å². The minimum absolute atomic E-state index is 0.0136. The molecule has 2 aromatic carbocycles. The minimum Gasteiger partial charge on any atom is -0.495 e. The number of hydrogen-bond acceptors (Lipinski definition) is 7. The number of benzene rings is 2. The third kappa shape index (κ3) is 8.10. The second kappa shape index (κ2) is 14.7. The number of amides is 2. The van der Waals surface area contributed by atoms with Crippen LogP contribution in [0.15, 0.2) is 42.5 Å². The summed E-state index contributed by atoms with van der Waals surface area (Å²) in [6, 6.07) is 13.8. The summed E-state index contributed by atoms with van der Waals surface area (Å²) < 4.78 is 11.0. The Morgan fingerprint density at radius 3 is 2.36 bits per heavy atom. The summed E-state index contributed by atoms with van der Waals surface area (Å²) in [7, 11) is 1.70. The van der Waals surface area contributed by atoms with Crippen LogP contribution in [0.5, 0.6) is 5.75 Å². The molecule has 0 aromatic heterocycles. The van der Waals surface area contributed by atoms with E-state index in [-0.39, 0.29) is 11.8 Å². The molecule has 2 aliphatic heterocycles. The third-order valence-electron chi connectivity index (χ3n) is 7.40. The average Bonchev–Trinajstić information content (AvgIpc) is 2.98. The predicted octanol–water partition coefficient (Wildman–Crippen LogP) is 3.60. The smallest absolute Gasteiger partial charge is 0.253 e. The molecule has 212 valence electrons. The lowest BCUT2D eigenvalue weighted by molar-refractivity contribution is -0.116. The van der Waals surface area contributed by atoms with E-state index < -0.39 is 0 Å². The first-order valence-corrected chi connectivity index (χ1v) is 14.2. The van der Waals surface area contributed by atoms with Crippen molar-refractivity contribution < 1.29 is 19.1 Å². The molecule has 39 heavy (non-hydrogen) atoms. The molecule has 2 aliphatic rings. The maximum atomic E-state index is 13.4. The van der Waals surface area contributed by atoms with E-state index in [1.54, 1.807) is 7.11 Å². The first kappa shape index (κ1) is 28.7. The van der Waals surface area contributed by atoms with Crippen LogP contribution >= 0.6 is 0 Å². The molecule has 0 spiro atoms. The third-order valence-corrected chi connectivity index (χ3v) is 7.40. The molecular formula is C30H43N5O4. The van der Waals surface area contributed by atoms with Gasteiger partial charge in [-0.3, -0.25) is 14.5 Å². The summed E-state index contributed by atoms with van der Waals surface area (Å²) in [5.74, 6) is 0.734. The van der Waals surface area contributed by atoms with Crippen molar-refractivity contribution in [2.45, 2.75) is 32.6 Å². The Morgan fingerprint density at radius 1 is 0.923 bits per heavy atom. The molecule has 2 saturated heterocycles. The van der Waals surface area contributed by atoms with E-state index in [0.717, 1.165) is 95.4 Å². The molecule has 0 saturated carbocycles. The topological polar surface area (TPSA) is 86.4 Å². The number of para-hydroxylation sites is 2. The lowest BCUT2D eigenvalue weighted by Gasteiger charge is -2.38. The average molecular weight is 538 g/mol. The molecule has 2 aromatic rings. The Kier molecular flexibility index (Phi) is 10.9. The van der Waals surface area contributed by atoms with Gasteiger partial charge in [-0.05, 0) is 36.8 Å². The number of nitrogens with one attached hydrogen (secondary N) is 2. The van der Waals surface area contributed by atoms with Gasteiger partial charge < -0.3 is 29.9 Å². The molecule has 9 nitrogen and oxygen atoms in total. The summed E-state index contributed by atoms with van der Waals surface area (Å²) in [6.07, 6.45) is 3.46. The van der Waals surface area contributed by atoms with Gasteiger partial charge in [-0.25, -0.2) is 0 Å². The van der Waals surface area contributed by atoms with Gasteiger partial charge in [0, 0.05) is 70.2 Å². The summed E-state index contributed by atoms with van der Waals surface area (Å²) in [5, 5.41) is 6.10. The van der Waals surface area contributed by atoms with Gasteiger partial charge in [-0.15, -0.1) is 0 Å². The Morgan fingerprint density at radius 2 is 1.64 bits per heavy atom. The molecule has 2 heterocycles. The highest BCUT2D eigenvalue weighted by molar-refractivity contribution is 6.02. The predicted molar refractivity (Wildman–Crippen MR) is 156 cm³/mol. The highest BCUT2D eigenvalue weighted by Gasteiger charge is 2.24. The fraction of sp³-hybridized carbons (Fsp3) is 0.533. The van der Waals surface area contributed by atoms with Gasteiger partial charge in [0.1, 0.15) is 5.75 Å². The van der Waals surface area contributed by atoms with Crippen LogP contribution < -0.4 is 25.2 Å². The first-order chi connectivity index (χ1) is 19.1. The number of carbonyl (C=O) groups excluding carboxylic acids is 2. The largest absolute Gasteiger partial charge is 0.495 e. The summed E-state index contributed by atoms with van der Waals surface area (Å²) in [5.41, 5.74) is 3.23. The number of piperazine rings is 1. The molecule has 9 heteroatoms. The molecule has 0 aliphatic carbocycles. The number of methoxy groups -OCH3 is 1. The van der Waals surface area contributed by atoms with E-state index in [4.69, 9.17) is 9.47 Å². The van der Waals surface area contributed by atoms with Crippen molar-refractivity contribution in [3.8, 4) is 5.75 Å². The molecule has 0 unspecified atom stereocenters. The van der Waals surface area contributed by atoms with Gasteiger partial charge in [-0.1, -0.05) is 31.9 Å². The number of nitrogens with zero attached hydrogens (tertiary/aromatic N) is 3. The van der Waals surface area contributed by atoms with Gasteiger partial charge in [0.25, 0.3) is 5.91 Å². The summed E-state index contributed by atoms with van der Waals surface area (Å²) in [6.45, 7) is 9.89. The Balaban J connectivity index is 1.45. The molecule has 2 N–H and O–H groups in total. The number of anilines is 3. The van der Waals surface area contributed by atoms with Crippen LogP contribution in [0.4, 0.5) is 17.1 Å². The number of unbranched alkanes of at least 4 members (excludes halogenated alkanes) is 2. The van der Waals surface area contributed by atoms with Crippen molar-refractivity contribution in [2.75, 3.05) is 87.8 Å². The van der Waals surface area contributed by atoms with Crippen molar-refractivity contribution in [2.24, 2.45) is 0 Å². The zero-order valence-electron chi connectivity index (χ0n) is 23.4. The van der Waals surface area contributed by atoms with Gasteiger partial charge in [0.2, 0.25) is 5.91 Å². The molecular weight excluding hydrogens is 494 g/mol. The van der Waals surface area contributed by atoms with E-state index in [9.17, 15) is 9.59 Å². The van der Waals surface area contributed by atoms with Crippen LogP contribution in [-0.4, -0.2) is 89.4 Å². The molecule has 2 amide bonds. The molecule has 4 rings (SSSR count). The molecule has 0 bridgehead atoms. The Hall–Kier alpha value is -3.30. The highest BCUT2D eigenvalue weighted by Crippen LogP contribution is 2.31. The number of rotatable bonds is 12. The fourth-order valence-electron chi connectivity index (χ4n) is 5.16. The Bertz CT molecular complexity index is 1080. The quantitative estimate of drug-likeness (QED) is 0.400. The molecule has 0 radical (unpaired) electrons. The van der Waals surface area contributed by atoms with Crippen LogP contribution in [0, 0.1) is 0 Å². The SMILES string of the molecule is CCCCCC(=O)Nc1ccc(N2CCN(c3ccccc3OC)CC2)c(C(=O)NCCN2CCOCC2)c1. The molecule has 0 atom stereocenters. The second-order valence-corrected chi connectivity index (χ2v) is 10.1. The van der Waals surface area contributed by atoms with Crippen molar-refractivity contribution >= 4 is 28.9 Å². The van der Waals surface area contributed by atoms with Gasteiger partial charge in [0.05, 0.1) is 31.6 Å². The summed E-state index contributed by atoms with van der Waals surface area (Å²) >= 11 is 0. The first-order valence-electron chi connectivity index (χ1n) is 14.2. The zero-order chi connectivity index (χ0) is 27.5. The van der Waals surface area contributed by atoms with Crippen molar-refractivity contribution in [1.29, 1.82) is 0 Å². The maximum Gasteiger partial charge on any atom is 0.253 e. The summed E-state index contributed by atoms with van der Waals surface area (Å²) in [4.78, 5) is 32.8. The fourth-order valence-corrected chi connectivity index (χ4v) is 5.16. The second-order valence-electron chi connectivity index (χ2n) is 10.1. The lowest BCUT2D eigenvalue weighted by atomic mass is 10.1. The monoisotopic (exact) mass is 537 g/mol. The van der Waals surface area contributed by atoms with Crippen molar-refractivity contribution in [1.82, 2.24) is 10.2 Å². The van der Waals surface area contributed by atoms with Crippen LogP contribution in [0.1, 0.15) is 43.0 Å². The van der Waals surface area contributed by atoms with Crippen molar-refractivity contribution in [3.63, 3.8) is 0 Å². The van der Waals surface area contributed by atoms with Gasteiger partial charge in [0.15, 0.2) is 0 Å². The minimum atomic E-state index is -0.118. The maximum absolute atomic E-state index is 13.4. The van der Waals surface area contributed by atoms with E-state index in [0.29, 0.717) is 24.2 Å². The number of hydrogen-bond donors (Lipinski definition) is 2.